The fourth-order valence-corrected chi connectivity index (χ4v) is 1.68. The first-order valence-electron chi connectivity index (χ1n) is 4.03. The fourth-order valence-electron chi connectivity index (χ4n) is 1.19. The number of pyridine rings is 1. The Balaban J connectivity index is 2.52. The standard InChI is InChI=1S/C10H7Cl2NO/c1-6-2-7(5-14-6)10-9(12)3-8(11)4-13-10/h2-5H,1H3. The maximum atomic E-state index is 5.98. The number of rotatable bonds is 1. The molecule has 0 fully saturated rings. The smallest absolute Gasteiger partial charge is 0.101 e. The number of hydrogen-bond donors (Lipinski definition) is 0. The number of nitrogens with zero attached hydrogens (tertiary/aromatic N) is 1. The first kappa shape index (κ1) is 9.56. The van der Waals surface area contributed by atoms with Crippen LogP contribution in [0.2, 0.25) is 10.0 Å². The molecule has 2 aromatic heterocycles. The predicted molar refractivity (Wildman–Crippen MR) is 56.7 cm³/mol. The van der Waals surface area contributed by atoms with Crippen molar-refractivity contribution in [2.24, 2.45) is 0 Å². The predicted octanol–water partition coefficient (Wildman–Crippen LogP) is 3.96. The van der Waals surface area contributed by atoms with E-state index in [4.69, 9.17) is 27.6 Å². The van der Waals surface area contributed by atoms with Gasteiger partial charge in [0.1, 0.15) is 12.0 Å². The van der Waals surface area contributed by atoms with Gasteiger partial charge in [0.05, 0.1) is 15.7 Å². The van der Waals surface area contributed by atoms with Crippen molar-refractivity contribution in [3.8, 4) is 11.3 Å². The normalized spacial score (nSPS) is 10.5. The van der Waals surface area contributed by atoms with E-state index in [9.17, 15) is 0 Å². The summed E-state index contributed by atoms with van der Waals surface area (Å²) in [6.45, 7) is 1.87. The highest BCUT2D eigenvalue weighted by Crippen LogP contribution is 2.28. The van der Waals surface area contributed by atoms with Crippen LogP contribution in [0.1, 0.15) is 5.76 Å². The van der Waals surface area contributed by atoms with Crippen LogP contribution < -0.4 is 0 Å². The average molecular weight is 228 g/mol. The van der Waals surface area contributed by atoms with Gasteiger partial charge in [-0.3, -0.25) is 4.98 Å². The molecule has 0 atom stereocenters. The van der Waals surface area contributed by atoms with Gasteiger partial charge in [-0.15, -0.1) is 0 Å². The molecular formula is C10H7Cl2NO. The number of aryl methyl sites for hydroxylation is 1. The Morgan fingerprint density at radius 3 is 2.64 bits per heavy atom. The molecule has 14 heavy (non-hydrogen) atoms. The lowest BCUT2D eigenvalue weighted by Gasteiger charge is -1.99. The molecule has 0 bridgehead atoms. The van der Waals surface area contributed by atoms with Gasteiger partial charge in [0.15, 0.2) is 0 Å². The van der Waals surface area contributed by atoms with Crippen molar-refractivity contribution in [1.82, 2.24) is 4.98 Å². The van der Waals surface area contributed by atoms with Gasteiger partial charge >= 0.3 is 0 Å². The Labute approximate surface area is 91.5 Å². The van der Waals surface area contributed by atoms with Gasteiger partial charge in [-0.2, -0.15) is 0 Å². The van der Waals surface area contributed by atoms with Crippen molar-refractivity contribution in [1.29, 1.82) is 0 Å². The summed E-state index contributed by atoms with van der Waals surface area (Å²) in [6, 6.07) is 3.54. The molecule has 0 saturated heterocycles. The van der Waals surface area contributed by atoms with Gasteiger partial charge < -0.3 is 4.42 Å². The molecule has 2 nitrogen and oxygen atoms in total. The Morgan fingerprint density at radius 1 is 1.29 bits per heavy atom. The second-order valence-electron chi connectivity index (χ2n) is 2.93. The fraction of sp³-hybridized carbons (Fsp3) is 0.100. The number of aromatic nitrogens is 1. The molecule has 2 aromatic rings. The topological polar surface area (TPSA) is 26.0 Å². The van der Waals surface area contributed by atoms with E-state index >= 15 is 0 Å². The monoisotopic (exact) mass is 227 g/mol. The van der Waals surface area contributed by atoms with Crippen molar-refractivity contribution < 1.29 is 4.42 Å². The molecule has 0 amide bonds. The third kappa shape index (κ3) is 1.76. The number of halogens is 2. The van der Waals surface area contributed by atoms with Crippen LogP contribution in [0.5, 0.6) is 0 Å². The van der Waals surface area contributed by atoms with Crippen molar-refractivity contribution in [2.45, 2.75) is 6.92 Å². The van der Waals surface area contributed by atoms with E-state index < -0.39 is 0 Å². The largest absolute Gasteiger partial charge is 0.469 e. The molecule has 0 N–H and O–H groups in total. The van der Waals surface area contributed by atoms with Crippen molar-refractivity contribution in [2.75, 3.05) is 0 Å². The van der Waals surface area contributed by atoms with Crippen LogP contribution >= 0.6 is 23.2 Å². The quantitative estimate of drug-likeness (QED) is 0.738. The van der Waals surface area contributed by atoms with Gasteiger partial charge in [-0.05, 0) is 19.1 Å². The van der Waals surface area contributed by atoms with Crippen LogP contribution in [0.15, 0.2) is 29.0 Å². The lowest BCUT2D eigenvalue weighted by atomic mass is 10.2. The van der Waals surface area contributed by atoms with Crippen molar-refractivity contribution in [3.63, 3.8) is 0 Å². The summed E-state index contributed by atoms with van der Waals surface area (Å²) in [5.74, 6) is 0.827. The maximum Gasteiger partial charge on any atom is 0.101 e. The van der Waals surface area contributed by atoms with E-state index in [1.54, 1.807) is 18.5 Å². The van der Waals surface area contributed by atoms with E-state index in [1.165, 1.54) is 0 Å². The lowest BCUT2D eigenvalue weighted by molar-refractivity contribution is 0.535. The minimum Gasteiger partial charge on any atom is -0.469 e. The van der Waals surface area contributed by atoms with Crippen LogP contribution in [0.3, 0.4) is 0 Å². The number of furan rings is 1. The van der Waals surface area contributed by atoms with Gasteiger partial charge in [0.2, 0.25) is 0 Å². The Hall–Kier alpha value is -0.990. The molecule has 0 aliphatic rings. The van der Waals surface area contributed by atoms with Crippen LogP contribution in [0.4, 0.5) is 0 Å². The minimum atomic E-state index is 0.526. The highest BCUT2D eigenvalue weighted by atomic mass is 35.5. The molecule has 0 aliphatic heterocycles. The lowest BCUT2D eigenvalue weighted by Crippen LogP contribution is -1.82. The van der Waals surface area contributed by atoms with Gasteiger partial charge in [0.25, 0.3) is 0 Å². The Bertz CT molecular complexity index is 465. The molecule has 0 radical (unpaired) electrons. The molecule has 4 heteroatoms. The third-order valence-electron chi connectivity index (χ3n) is 1.81. The summed E-state index contributed by atoms with van der Waals surface area (Å²) in [5.41, 5.74) is 1.55. The summed E-state index contributed by atoms with van der Waals surface area (Å²) in [7, 11) is 0. The second-order valence-corrected chi connectivity index (χ2v) is 3.77. The SMILES string of the molecule is Cc1cc(-c2ncc(Cl)cc2Cl)co1. The van der Waals surface area contributed by atoms with Gasteiger partial charge in [0, 0.05) is 11.8 Å². The van der Waals surface area contributed by atoms with Crippen LogP contribution in [-0.2, 0) is 0 Å². The van der Waals surface area contributed by atoms with E-state index in [0.717, 1.165) is 11.3 Å². The Morgan fingerprint density at radius 2 is 2.07 bits per heavy atom. The van der Waals surface area contributed by atoms with E-state index in [1.807, 2.05) is 13.0 Å². The third-order valence-corrected chi connectivity index (χ3v) is 2.31. The van der Waals surface area contributed by atoms with E-state index in [2.05, 4.69) is 4.98 Å². The van der Waals surface area contributed by atoms with Gasteiger partial charge in [-0.25, -0.2) is 0 Å². The minimum absolute atomic E-state index is 0.526. The molecule has 0 spiro atoms. The van der Waals surface area contributed by atoms with E-state index in [0.29, 0.717) is 15.7 Å². The first-order valence-corrected chi connectivity index (χ1v) is 4.79. The molecule has 0 saturated carbocycles. The summed E-state index contributed by atoms with van der Waals surface area (Å²) < 4.78 is 5.17. The molecule has 0 aliphatic carbocycles. The summed E-state index contributed by atoms with van der Waals surface area (Å²) >= 11 is 11.7. The zero-order valence-electron chi connectivity index (χ0n) is 7.42. The molecule has 2 heterocycles. The zero-order chi connectivity index (χ0) is 10.1. The van der Waals surface area contributed by atoms with Crippen LogP contribution in [0.25, 0.3) is 11.3 Å². The highest BCUT2D eigenvalue weighted by molar-refractivity contribution is 6.36. The van der Waals surface area contributed by atoms with Gasteiger partial charge in [-0.1, -0.05) is 23.2 Å². The first-order chi connectivity index (χ1) is 6.66. The Kier molecular flexibility index (Phi) is 2.48. The average Bonchev–Trinajstić information content (AvgIpc) is 2.51. The van der Waals surface area contributed by atoms with Crippen LogP contribution in [0, 0.1) is 6.92 Å². The maximum absolute atomic E-state index is 5.98. The van der Waals surface area contributed by atoms with Crippen molar-refractivity contribution >= 4 is 23.2 Å². The second kappa shape index (κ2) is 3.64. The number of hydrogen-bond acceptors (Lipinski definition) is 2. The molecule has 2 rings (SSSR count). The molecular weight excluding hydrogens is 221 g/mol. The van der Waals surface area contributed by atoms with Crippen molar-refractivity contribution in [3.05, 3.63) is 40.4 Å². The molecule has 72 valence electrons. The summed E-state index contributed by atoms with van der Waals surface area (Å²) in [5, 5.41) is 1.05. The van der Waals surface area contributed by atoms with E-state index in [-0.39, 0.29) is 0 Å². The summed E-state index contributed by atoms with van der Waals surface area (Å²) in [6.07, 6.45) is 3.18. The molecule has 0 aromatic carbocycles. The zero-order valence-corrected chi connectivity index (χ0v) is 8.93. The van der Waals surface area contributed by atoms with Crippen LogP contribution in [-0.4, -0.2) is 4.98 Å². The summed E-state index contributed by atoms with van der Waals surface area (Å²) in [4.78, 5) is 4.14. The highest BCUT2D eigenvalue weighted by Gasteiger charge is 2.07. The molecule has 0 unspecified atom stereocenters.